The summed E-state index contributed by atoms with van der Waals surface area (Å²) >= 11 is 0. The molecule has 8 nitrogen and oxygen atoms in total. The molecular formula is C11H17N3O5. The molecule has 0 spiro atoms. The Morgan fingerprint density at radius 1 is 1.37 bits per heavy atom. The first-order valence-corrected chi connectivity index (χ1v) is 6.07. The maximum atomic E-state index is 11.8. The van der Waals surface area contributed by atoms with Crippen molar-refractivity contribution in [2.45, 2.75) is 38.1 Å². The van der Waals surface area contributed by atoms with Crippen molar-refractivity contribution in [3.63, 3.8) is 0 Å². The van der Waals surface area contributed by atoms with Crippen molar-refractivity contribution in [1.29, 1.82) is 0 Å². The van der Waals surface area contributed by atoms with E-state index in [1.165, 1.54) is 0 Å². The van der Waals surface area contributed by atoms with Gasteiger partial charge in [-0.2, -0.15) is 0 Å². The summed E-state index contributed by atoms with van der Waals surface area (Å²) in [6.07, 6.45) is 2.11. The van der Waals surface area contributed by atoms with Gasteiger partial charge in [-0.3, -0.25) is 14.4 Å². The number of amides is 3. The molecule has 1 aliphatic rings. The number of hydrogen-bond donors (Lipinski definition) is 2. The third-order valence-corrected chi connectivity index (χ3v) is 2.69. The zero-order chi connectivity index (χ0) is 14.3. The molecule has 1 fully saturated rings. The van der Waals surface area contributed by atoms with Crippen molar-refractivity contribution < 1.29 is 24.0 Å². The molecule has 19 heavy (non-hydrogen) atoms. The molecule has 0 aromatic carbocycles. The highest BCUT2D eigenvalue weighted by molar-refractivity contribution is 6.01. The summed E-state index contributed by atoms with van der Waals surface area (Å²) in [4.78, 5) is 49.5. The second-order valence-electron chi connectivity index (χ2n) is 4.11. The monoisotopic (exact) mass is 271 g/mol. The summed E-state index contributed by atoms with van der Waals surface area (Å²) in [7, 11) is 0. The number of imide groups is 1. The van der Waals surface area contributed by atoms with E-state index < -0.39 is 23.8 Å². The molecule has 0 aromatic heterocycles. The van der Waals surface area contributed by atoms with Crippen molar-refractivity contribution in [2.24, 2.45) is 5.73 Å². The molecule has 106 valence electrons. The van der Waals surface area contributed by atoms with E-state index in [4.69, 9.17) is 10.6 Å². The number of hydrogen-bond acceptors (Lipinski definition) is 6. The topological polar surface area (TPSA) is 119 Å². The maximum absolute atomic E-state index is 11.8. The smallest absolute Gasteiger partial charge is 0.345 e. The average molecular weight is 271 g/mol. The van der Waals surface area contributed by atoms with Crippen molar-refractivity contribution >= 4 is 24.2 Å². The predicted molar refractivity (Wildman–Crippen MR) is 63.1 cm³/mol. The molecule has 1 heterocycles. The predicted octanol–water partition coefficient (Wildman–Crippen LogP) is -1.16. The standard InChI is InChI=1S/C11H17N3O5/c12-6-2-1-3-8(13-7-15)11(18)19-14-9(16)4-5-10(14)17/h7-8H,1-6,12H2,(H,13,15). The van der Waals surface area contributed by atoms with Gasteiger partial charge in [-0.05, 0) is 25.8 Å². The summed E-state index contributed by atoms with van der Waals surface area (Å²) in [5, 5.41) is 2.76. The minimum Gasteiger partial charge on any atom is -0.345 e. The Balaban J connectivity index is 2.53. The maximum Gasteiger partial charge on any atom is 0.355 e. The summed E-state index contributed by atoms with van der Waals surface area (Å²) in [6.45, 7) is 0.478. The van der Waals surface area contributed by atoms with Gasteiger partial charge in [-0.1, -0.05) is 0 Å². The third-order valence-electron chi connectivity index (χ3n) is 2.69. The van der Waals surface area contributed by atoms with Gasteiger partial charge in [0.05, 0.1) is 0 Å². The van der Waals surface area contributed by atoms with Crippen LogP contribution in [0, 0.1) is 0 Å². The van der Waals surface area contributed by atoms with Gasteiger partial charge in [0.25, 0.3) is 11.8 Å². The third kappa shape index (κ3) is 4.32. The normalized spacial score (nSPS) is 16.4. The van der Waals surface area contributed by atoms with Crippen molar-refractivity contribution in [2.75, 3.05) is 6.54 Å². The van der Waals surface area contributed by atoms with Crippen LogP contribution in [0.2, 0.25) is 0 Å². The fraction of sp³-hybridized carbons (Fsp3) is 0.636. The zero-order valence-corrected chi connectivity index (χ0v) is 10.5. The lowest BCUT2D eigenvalue weighted by Crippen LogP contribution is -2.42. The lowest BCUT2D eigenvalue weighted by Gasteiger charge is -2.18. The minimum absolute atomic E-state index is 0.0328. The number of nitrogens with one attached hydrogen (secondary N) is 1. The van der Waals surface area contributed by atoms with E-state index in [0.29, 0.717) is 37.3 Å². The van der Waals surface area contributed by atoms with Gasteiger partial charge < -0.3 is 15.9 Å². The van der Waals surface area contributed by atoms with Crippen LogP contribution in [-0.4, -0.2) is 41.8 Å². The van der Waals surface area contributed by atoms with E-state index in [9.17, 15) is 19.2 Å². The van der Waals surface area contributed by atoms with Crippen LogP contribution in [-0.2, 0) is 24.0 Å². The van der Waals surface area contributed by atoms with Crippen LogP contribution in [0.5, 0.6) is 0 Å². The second-order valence-corrected chi connectivity index (χ2v) is 4.11. The molecule has 3 N–H and O–H groups in total. The highest BCUT2D eigenvalue weighted by Gasteiger charge is 2.34. The Labute approximate surface area is 110 Å². The molecule has 1 aliphatic heterocycles. The van der Waals surface area contributed by atoms with Crippen molar-refractivity contribution in [3.05, 3.63) is 0 Å². The second kappa shape index (κ2) is 7.47. The van der Waals surface area contributed by atoms with Crippen LogP contribution >= 0.6 is 0 Å². The molecular weight excluding hydrogens is 254 g/mol. The molecule has 0 saturated carbocycles. The molecule has 0 bridgehead atoms. The van der Waals surface area contributed by atoms with Crippen LogP contribution in [0.3, 0.4) is 0 Å². The van der Waals surface area contributed by atoms with E-state index in [0.717, 1.165) is 0 Å². The first-order chi connectivity index (χ1) is 9.10. The quantitative estimate of drug-likeness (QED) is 0.326. The first kappa shape index (κ1) is 15.1. The van der Waals surface area contributed by atoms with E-state index >= 15 is 0 Å². The van der Waals surface area contributed by atoms with E-state index in [-0.39, 0.29) is 12.8 Å². The van der Waals surface area contributed by atoms with Gasteiger partial charge in [0.15, 0.2) is 0 Å². The van der Waals surface area contributed by atoms with Gasteiger partial charge in [0, 0.05) is 12.8 Å². The Hall–Kier alpha value is -1.96. The largest absolute Gasteiger partial charge is 0.355 e. The molecule has 0 aliphatic carbocycles. The van der Waals surface area contributed by atoms with Gasteiger partial charge in [-0.15, -0.1) is 5.06 Å². The van der Waals surface area contributed by atoms with E-state index in [2.05, 4.69) is 5.32 Å². The molecule has 1 atom stereocenters. The number of unbranched alkanes of at least 4 members (excludes halogenated alkanes) is 1. The summed E-state index contributed by atoms with van der Waals surface area (Å²) < 4.78 is 0. The van der Waals surface area contributed by atoms with Crippen LogP contribution < -0.4 is 11.1 Å². The van der Waals surface area contributed by atoms with Crippen LogP contribution in [0.1, 0.15) is 32.1 Å². The van der Waals surface area contributed by atoms with Gasteiger partial charge in [0.2, 0.25) is 6.41 Å². The van der Waals surface area contributed by atoms with Gasteiger partial charge in [0.1, 0.15) is 6.04 Å². The lowest BCUT2D eigenvalue weighted by molar-refractivity contribution is -0.199. The fourth-order valence-electron chi connectivity index (χ4n) is 1.66. The van der Waals surface area contributed by atoms with Crippen LogP contribution in [0.15, 0.2) is 0 Å². The summed E-state index contributed by atoms with van der Waals surface area (Å²) in [6, 6.07) is -0.884. The fourth-order valence-corrected chi connectivity index (χ4v) is 1.66. The lowest BCUT2D eigenvalue weighted by atomic mass is 10.1. The zero-order valence-electron chi connectivity index (χ0n) is 10.5. The average Bonchev–Trinajstić information content (AvgIpc) is 2.69. The Bertz CT molecular complexity index is 355. The number of nitrogens with zero attached hydrogens (tertiary/aromatic N) is 1. The number of carbonyl (C=O) groups excluding carboxylic acids is 4. The van der Waals surface area contributed by atoms with E-state index in [1.807, 2.05) is 0 Å². The first-order valence-electron chi connectivity index (χ1n) is 6.07. The number of hydroxylamine groups is 2. The number of rotatable bonds is 8. The molecule has 1 saturated heterocycles. The molecule has 0 radical (unpaired) electrons. The molecule has 0 aromatic rings. The number of carbonyl (C=O) groups is 4. The van der Waals surface area contributed by atoms with Gasteiger partial charge >= 0.3 is 5.97 Å². The Kier molecular flexibility index (Phi) is 5.94. The Morgan fingerprint density at radius 2 is 2.00 bits per heavy atom. The van der Waals surface area contributed by atoms with E-state index in [1.54, 1.807) is 0 Å². The minimum atomic E-state index is -0.884. The Morgan fingerprint density at radius 3 is 2.53 bits per heavy atom. The number of nitrogens with two attached hydrogens (primary N) is 1. The van der Waals surface area contributed by atoms with Gasteiger partial charge in [-0.25, -0.2) is 4.79 Å². The molecule has 1 unspecified atom stereocenters. The van der Waals surface area contributed by atoms with Crippen molar-refractivity contribution in [1.82, 2.24) is 10.4 Å². The highest BCUT2D eigenvalue weighted by atomic mass is 16.7. The SMILES string of the molecule is NCCCCC(NC=O)C(=O)ON1C(=O)CCC1=O. The highest BCUT2D eigenvalue weighted by Crippen LogP contribution is 2.13. The summed E-state index contributed by atoms with van der Waals surface area (Å²) in [5.74, 6) is -1.93. The molecule has 8 heteroatoms. The molecule has 3 amide bonds. The van der Waals surface area contributed by atoms with Crippen LogP contribution in [0.25, 0.3) is 0 Å². The van der Waals surface area contributed by atoms with Crippen LogP contribution in [0.4, 0.5) is 0 Å². The van der Waals surface area contributed by atoms with Crippen molar-refractivity contribution in [3.8, 4) is 0 Å². The molecule has 1 rings (SSSR count). The summed E-state index contributed by atoms with van der Waals surface area (Å²) in [5.41, 5.74) is 5.33.